The van der Waals surface area contributed by atoms with E-state index in [1.54, 1.807) is 19.2 Å². The fraction of sp³-hybridized carbons (Fsp3) is 0.500. The summed E-state index contributed by atoms with van der Waals surface area (Å²) in [5.74, 6) is -0.157. The number of rotatable bonds is 7. The van der Waals surface area contributed by atoms with Crippen LogP contribution in [0, 0.1) is 12.7 Å². The average Bonchev–Trinajstić information content (AvgIpc) is 2.92. The Hall–Kier alpha value is -1.75. The lowest BCUT2D eigenvalue weighted by Crippen LogP contribution is -2.27. The molecule has 0 radical (unpaired) electrons. The van der Waals surface area contributed by atoms with Gasteiger partial charge in [-0.05, 0) is 31.9 Å². The lowest BCUT2D eigenvalue weighted by Gasteiger charge is -2.21. The van der Waals surface area contributed by atoms with Gasteiger partial charge in [-0.3, -0.25) is 0 Å². The molecule has 2 rings (SSSR count). The Morgan fingerprint density at radius 1 is 1.29 bits per heavy atom. The van der Waals surface area contributed by atoms with Crippen molar-refractivity contribution in [1.29, 1.82) is 0 Å². The van der Waals surface area contributed by atoms with E-state index in [4.69, 9.17) is 0 Å². The molecule has 21 heavy (non-hydrogen) atoms. The van der Waals surface area contributed by atoms with Crippen molar-refractivity contribution in [2.45, 2.75) is 46.2 Å². The van der Waals surface area contributed by atoms with Gasteiger partial charge in [0.1, 0.15) is 5.82 Å². The van der Waals surface area contributed by atoms with Crippen LogP contribution in [-0.2, 0) is 6.54 Å². The number of halogens is 1. The van der Waals surface area contributed by atoms with Crippen LogP contribution < -0.4 is 5.32 Å². The molecule has 1 aromatic carbocycles. The fourth-order valence-corrected chi connectivity index (χ4v) is 2.43. The van der Waals surface area contributed by atoms with Crippen molar-refractivity contribution in [3.05, 3.63) is 47.0 Å². The van der Waals surface area contributed by atoms with E-state index in [0.717, 1.165) is 31.6 Å². The third kappa shape index (κ3) is 3.47. The highest BCUT2D eigenvalue weighted by atomic mass is 19.1. The lowest BCUT2D eigenvalue weighted by atomic mass is 10.0. The van der Waals surface area contributed by atoms with Crippen LogP contribution in [0.2, 0.25) is 0 Å². The van der Waals surface area contributed by atoms with E-state index in [9.17, 15) is 4.39 Å². The molecule has 4 nitrogen and oxygen atoms in total. The summed E-state index contributed by atoms with van der Waals surface area (Å²) < 4.78 is 16.4. The Morgan fingerprint density at radius 3 is 2.81 bits per heavy atom. The zero-order valence-electron chi connectivity index (χ0n) is 12.9. The zero-order valence-corrected chi connectivity index (χ0v) is 12.9. The van der Waals surface area contributed by atoms with Crippen LogP contribution in [-0.4, -0.2) is 21.5 Å². The van der Waals surface area contributed by atoms with Gasteiger partial charge in [-0.25, -0.2) is 9.07 Å². The third-order valence-corrected chi connectivity index (χ3v) is 3.51. The maximum absolute atomic E-state index is 14.5. The molecule has 0 aliphatic heterocycles. The van der Waals surface area contributed by atoms with Gasteiger partial charge in [0, 0.05) is 12.1 Å². The van der Waals surface area contributed by atoms with Gasteiger partial charge in [-0.2, -0.15) is 0 Å². The summed E-state index contributed by atoms with van der Waals surface area (Å²) in [5, 5.41) is 11.5. The summed E-state index contributed by atoms with van der Waals surface area (Å²) in [4.78, 5) is 0. The summed E-state index contributed by atoms with van der Waals surface area (Å²) in [6.45, 7) is 7.57. The van der Waals surface area contributed by atoms with Crippen LogP contribution in [0.5, 0.6) is 0 Å². The summed E-state index contributed by atoms with van der Waals surface area (Å²) in [7, 11) is 0. The maximum Gasteiger partial charge on any atom is 0.131 e. The number of aryl methyl sites for hydroxylation is 2. The summed E-state index contributed by atoms with van der Waals surface area (Å²) >= 11 is 0. The predicted octanol–water partition coefficient (Wildman–Crippen LogP) is 3.22. The first-order valence-corrected chi connectivity index (χ1v) is 7.55. The van der Waals surface area contributed by atoms with Crippen molar-refractivity contribution in [3.8, 4) is 0 Å². The highest BCUT2D eigenvalue weighted by Gasteiger charge is 2.22. The molecule has 1 aromatic heterocycles. The Morgan fingerprint density at radius 2 is 2.10 bits per heavy atom. The Bertz CT molecular complexity index is 579. The van der Waals surface area contributed by atoms with Gasteiger partial charge in [-0.15, -0.1) is 5.10 Å². The molecule has 1 unspecified atom stereocenters. The van der Waals surface area contributed by atoms with Gasteiger partial charge in [-0.1, -0.05) is 37.3 Å². The minimum Gasteiger partial charge on any atom is -0.305 e. The monoisotopic (exact) mass is 290 g/mol. The van der Waals surface area contributed by atoms with Crippen molar-refractivity contribution in [1.82, 2.24) is 20.3 Å². The molecule has 114 valence electrons. The Balaban J connectivity index is 2.42. The normalized spacial score (nSPS) is 12.6. The molecule has 0 aliphatic carbocycles. The van der Waals surface area contributed by atoms with E-state index in [1.807, 2.05) is 16.8 Å². The number of nitrogens with one attached hydrogen (secondary N) is 1. The highest BCUT2D eigenvalue weighted by Crippen LogP contribution is 2.25. The third-order valence-electron chi connectivity index (χ3n) is 3.51. The van der Waals surface area contributed by atoms with Crippen LogP contribution in [0.15, 0.2) is 24.4 Å². The molecule has 5 heteroatoms. The number of nitrogens with zero attached hydrogens (tertiary/aromatic N) is 3. The van der Waals surface area contributed by atoms with Crippen LogP contribution in [0.4, 0.5) is 4.39 Å². The molecular weight excluding hydrogens is 267 g/mol. The summed E-state index contributed by atoms with van der Waals surface area (Å²) in [6, 6.07) is 5.30. The van der Waals surface area contributed by atoms with Crippen molar-refractivity contribution in [2.75, 3.05) is 6.54 Å². The number of aromatic nitrogens is 3. The minimum atomic E-state index is -0.216. The first-order chi connectivity index (χ1) is 10.2. The molecule has 1 heterocycles. The maximum atomic E-state index is 14.5. The second kappa shape index (κ2) is 7.31. The molecular formula is C16H23FN4. The van der Waals surface area contributed by atoms with E-state index in [-0.39, 0.29) is 11.9 Å². The van der Waals surface area contributed by atoms with Gasteiger partial charge in [0.2, 0.25) is 0 Å². The Labute approximate surface area is 125 Å². The smallest absolute Gasteiger partial charge is 0.131 e. The molecule has 0 amide bonds. The first kappa shape index (κ1) is 15.6. The number of hydrogen-bond donors (Lipinski definition) is 1. The topological polar surface area (TPSA) is 42.7 Å². The molecule has 0 spiro atoms. The van der Waals surface area contributed by atoms with Crippen LogP contribution in [0.3, 0.4) is 0 Å². The second-order valence-corrected chi connectivity index (χ2v) is 5.25. The largest absolute Gasteiger partial charge is 0.305 e. The predicted molar refractivity (Wildman–Crippen MR) is 81.6 cm³/mol. The van der Waals surface area contributed by atoms with Gasteiger partial charge in [0.05, 0.1) is 17.9 Å². The van der Waals surface area contributed by atoms with Crippen molar-refractivity contribution in [3.63, 3.8) is 0 Å². The van der Waals surface area contributed by atoms with E-state index in [0.29, 0.717) is 11.1 Å². The molecule has 0 saturated heterocycles. The summed E-state index contributed by atoms with van der Waals surface area (Å²) in [6.07, 6.45) is 3.68. The fourth-order valence-electron chi connectivity index (χ4n) is 2.43. The average molecular weight is 290 g/mol. The van der Waals surface area contributed by atoms with E-state index in [2.05, 4.69) is 29.5 Å². The SMILES string of the molecule is CCCNC(c1cccc(C)c1F)c1cnnn1CCC. The van der Waals surface area contributed by atoms with Crippen molar-refractivity contribution < 1.29 is 4.39 Å². The zero-order chi connectivity index (χ0) is 15.2. The highest BCUT2D eigenvalue weighted by molar-refractivity contribution is 5.32. The van der Waals surface area contributed by atoms with Gasteiger partial charge in [0.15, 0.2) is 0 Å². The molecule has 0 aliphatic rings. The number of benzene rings is 1. The van der Waals surface area contributed by atoms with E-state index >= 15 is 0 Å². The minimum absolute atomic E-state index is 0.157. The van der Waals surface area contributed by atoms with Crippen LogP contribution >= 0.6 is 0 Å². The van der Waals surface area contributed by atoms with E-state index < -0.39 is 0 Å². The quantitative estimate of drug-likeness (QED) is 0.851. The first-order valence-electron chi connectivity index (χ1n) is 7.55. The number of hydrogen-bond acceptors (Lipinski definition) is 3. The molecule has 0 saturated carbocycles. The van der Waals surface area contributed by atoms with Crippen LogP contribution in [0.25, 0.3) is 0 Å². The van der Waals surface area contributed by atoms with Gasteiger partial charge >= 0.3 is 0 Å². The van der Waals surface area contributed by atoms with E-state index in [1.165, 1.54) is 0 Å². The van der Waals surface area contributed by atoms with Crippen LogP contribution in [0.1, 0.15) is 49.6 Å². The lowest BCUT2D eigenvalue weighted by molar-refractivity contribution is 0.487. The molecule has 1 N–H and O–H groups in total. The van der Waals surface area contributed by atoms with Gasteiger partial charge in [0.25, 0.3) is 0 Å². The molecule has 0 fully saturated rings. The molecule has 2 aromatic rings. The molecule has 1 atom stereocenters. The van der Waals surface area contributed by atoms with Crippen molar-refractivity contribution in [2.24, 2.45) is 0 Å². The Kier molecular flexibility index (Phi) is 5.44. The van der Waals surface area contributed by atoms with Crippen molar-refractivity contribution >= 4 is 0 Å². The second-order valence-electron chi connectivity index (χ2n) is 5.25. The summed E-state index contributed by atoms with van der Waals surface area (Å²) in [5.41, 5.74) is 2.23. The standard InChI is InChI=1S/C16H23FN4/c1-4-9-18-16(13-8-6-7-12(3)15(13)17)14-11-19-20-21(14)10-5-2/h6-8,11,16,18H,4-5,9-10H2,1-3H3. The van der Waals surface area contributed by atoms with Gasteiger partial charge < -0.3 is 5.32 Å². The molecule has 0 bridgehead atoms.